The number of hydrogen-bond acceptors (Lipinski definition) is 5. The van der Waals surface area contributed by atoms with Gasteiger partial charge in [0.1, 0.15) is 30.5 Å². The minimum atomic E-state index is -0.857. The van der Waals surface area contributed by atoms with Crippen molar-refractivity contribution < 1.29 is 23.7 Å². The van der Waals surface area contributed by atoms with E-state index in [-0.39, 0.29) is 24.9 Å². The summed E-state index contributed by atoms with van der Waals surface area (Å²) in [6.45, 7) is 6.47. The van der Waals surface area contributed by atoms with Crippen LogP contribution in [0.2, 0.25) is 0 Å². The first-order chi connectivity index (χ1) is 11.3. The summed E-state index contributed by atoms with van der Waals surface area (Å²) in [5.41, 5.74) is 4.97. The van der Waals surface area contributed by atoms with E-state index in [1.54, 1.807) is 0 Å². The topological polar surface area (TPSA) is 83.3 Å². The molecular formula is C18H25NO5. The van der Waals surface area contributed by atoms with Crippen molar-refractivity contribution in [2.24, 2.45) is 5.73 Å². The van der Waals surface area contributed by atoms with Gasteiger partial charge in [-0.1, -0.05) is 30.3 Å². The fourth-order valence-electron chi connectivity index (χ4n) is 3.40. The maximum absolute atomic E-state index is 11.2. The predicted octanol–water partition coefficient (Wildman–Crippen LogP) is 2.04. The number of hydrogen-bond donors (Lipinski definition) is 1. The molecule has 2 saturated heterocycles. The molecule has 4 atom stereocenters. The van der Waals surface area contributed by atoms with E-state index in [9.17, 15) is 4.79 Å². The monoisotopic (exact) mass is 335 g/mol. The second-order valence-corrected chi connectivity index (χ2v) is 7.44. The second-order valence-electron chi connectivity index (χ2n) is 7.44. The van der Waals surface area contributed by atoms with Crippen LogP contribution in [-0.2, 0) is 25.4 Å². The number of benzene rings is 1. The van der Waals surface area contributed by atoms with E-state index < -0.39 is 17.3 Å². The molecule has 2 fully saturated rings. The van der Waals surface area contributed by atoms with Crippen LogP contribution in [0.1, 0.15) is 26.3 Å². The standard InChI is InChI=1S/C18H25NO5/c1-17(2,3)24-18(11-22-16(19)20,9-12-7-5-4-6-8-12)15-14-13(23-14)10-21-15/h4-8,13-15H,9-11H2,1-3H3,(H2,19,20)/t13-,14+,15+,18+/m0/s1. The van der Waals surface area contributed by atoms with E-state index in [2.05, 4.69) is 0 Å². The zero-order valence-electron chi connectivity index (χ0n) is 14.4. The minimum absolute atomic E-state index is 0.0196. The zero-order valence-corrected chi connectivity index (χ0v) is 14.4. The lowest BCUT2D eigenvalue weighted by Gasteiger charge is -2.42. The van der Waals surface area contributed by atoms with Crippen LogP contribution < -0.4 is 5.73 Å². The van der Waals surface area contributed by atoms with Gasteiger partial charge in [-0.15, -0.1) is 0 Å². The molecule has 1 amide bonds. The van der Waals surface area contributed by atoms with Crippen molar-refractivity contribution in [3.63, 3.8) is 0 Å². The summed E-state index contributed by atoms with van der Waals surface area (Å²) < 4.78 is 23.2. The van der Waals surface area contributed by atoms with Crippen molar-refractivity contribution in [3.05, 3.63) is 35.9 Å². The van der Waals surface area contributed by atoms with Crippen LogP contribution in [0.15, 0.2) is 30.3 Å². The van der Waals surface area contributed by atoms with Gasteiger partial charge in [-0.2, -0.15) is 0 Å². The van der Waals surface area contributed by atoms with Crippen molar-refractivity contribution in [3.8, 4) is 0 Å². The third kappa shape index (κ3) is 3.88. The van der Waals surface area contributed by atoms with E-state index in [0.717, 1.165) is 5.56 Å². The first kappa shape index (κ1) is 17.2. The summed E-state index contributed by atoms with van der Waals surface area (Å²) in [4.78, 5) is 11.2. The highest BCUT2D eigenvalue weighted by Gasteiger charge is 2.61. The molecule has 0 saturated carbocycles. The number of primary amides is 1. The molecule has 6 heteroatoms. The fourth-order valence-corrected chi connectivity index (χ4v) is 3.40. The number of fused-ring (bicyclic) bond motifs is 1. The number of amides is 1. The lowest BCUT2D eigenvalue weighted by atomic mass is 9.86. The van der Waals surface area contributed by atoms with Gasteiger partial charge in [-0.25, -0.2) is 4.79 Å². The quantitative estimate of drug-likeness (QED) is 0.805. The Hall–Kier alpha value is -1.63. The average molecular weight is 335 g/mol. The maximum Gasteiger partial charge on any atom is 0.404 e. The van der Waals surface area contributed by atoms with E-state index in [1.807, 2.05) is 51.1 Å². The van der Waals surface area contributed by atoms with Gasteiger partial charge >= 0.3 is 6.09 Å². The highest BCUT2D eigenvalue weighted by molar-refractivity contribution is 5.64. The highest BCUT2D eigenvalue weighted by Crippen LogP contribution is 2.43. The Morgan fingerprint density at radius 1 is 1.29 bits per heavy atom. The summed E-state index contributed by atoms with van der Waals surface area (Å²) in [5.74, 6) is 0. The average Bonchev–Trinajstić information content (AvgIpc) is 3.14. The number of epoxide rings is 1. The Balaban J connectivity index is 1.92. The van der Waals surface area contributed by atoms with E-state index >= 15 is 0 Å². The molecule has 0 radical (unpaired) electrons. The van der Waals surface area contributed by atoms with Gasteiger partial charge in [0.15, 0.2) is 0 Å². The lowest BCUT2D eigenvalue weighted by molar-refractivity contribution is -0.213. The van der Waals surface area contributed by atoms with Crippen molar-refractivity contribution in [2.45, 2.75) is 56.7 Å². The number of nitrogens with two attached hydrogens (primary N) is 1. The zero-order chi connectivity index (χ0) is 17.4. The van der Waals surface area contributed by atoms with Gasteiger partial charge in [-0.05, 0) is 26.3 Å². The van der Waals surface area contributed by atoms with Crippen molar-refractivity contribution in [2.75, 3.05) is 13.2 Å². The molecule has 0 bridgehead atoms. The van der Waals surface area contributed by atoms with Gasteiger partial charge in [0, 0.05) is 6.42 Å². The summed E-state index contributed by atoms with van der Waals surface area (Å²) in [6, 6.07) is 9.94. The molecule has 1 aromatic rings. The van der Waals surface area contributed by atoms with Gasteiger partial charge in [0.2, 0.25) is 0 Å². The van der Waals surface area contributed by atoms with E-state index in [4.69, 9.17) is 24.7 Å². The van der Waals surface area contributed by atoms with Crippen LogP contribution in [0.4, 0.5) is 4.79 Å². The van der Waals surface area contributed by atoms with Gasteiger partial charge in [0.25, 0.3) is 0 Å². The third-order valence-electron chi connectivity index (χ3n) is 4.19. The molecule has 2 N–H and O–H groups in total. The molecule has 1 aromatic carbocycles. The molecular weight excluding hydrogens is 310 g/mol. The third-order valence-corrected chi connectivity index (χ3v) is 4.19. The first-order valence-electron chi connectivity index (χ1n) is 8.22. The Kier molecular flexibility index (Phi) is 4.55. The molecule has 2 heterocycles. The summed E-state index contributed by atoms with van der Waals surface area (Å²) in [7, 11) is 0. The van der Waals surface area contributed by atoms with Gasteiger partial charge in [-0.3, -0.25) is 0 Å². The molecule has 0 aliphatic carbocycles. The summed E-state index contributed by atoms with van der Waals surface area (Å²) in [5, 5.41) is 0. The fraction of sp³-hybridized carbons (Fsp3) is 0.611. The second kappa shape index (κ2) is 6.35. The first-order valence-corrected chi connectivity index (χ1v) is 8.22. The van der Waals surface area contributed by atoms with Crippen LogP contribution in [0.25, 0.3) is 0 Å². The van der Waals surface area contributed by atoms with Crippen molar-refractivity contribution >= 4 is 6.09 Å². The summed E-state index contributed by atoms with van der Waals surface area (Å²) in [6.07, 6.45) is -0.498. The molecule has 132 valence electrons. The van der Waals surface area contributed by atoms with Gasteiger partial charge < -0.3 is 24.7 Å². The molecule has 2 aliphatic heterocycles. The minimum Gasteiger partial charge on any atom is -0.447 e. The van der Waals surface area contributed by atoms with Crippen molar-refractivity contribution in [1.82, 2.24) is 0 Å². The molecule has 0 unspecified atom stereocenters. The maximum atomic E-state index is 11.2. The molecule has 3 rings (SSSR count). The molecule has 24 heavy (non-hydrogen) atoms. The van der Waals surface area contributed by atoms with Gasteiger partial charge in [0.05, 0.1) is 12.2 Å². The Bertz CT molecular complexity index is 585. The van der Waals surface area contributed by atoms with Crippen LogP contribution in [0, 0.1) is 0 Å². The Labute approximate surface area is 142 Å². The van der Waals surface area contributed by atoms with E-state index in [1.165, 1.54) is 0 Å². The normalized spacial score (nSPS) is 28.0. The van der Waals surface area contributed by atoms with E-state index in [0.29, 0.717) is 13.0 Å². The molecule has 6 nitrogen and oxygen atoms in total. The highest BCUT2D eigenvalue weighted by atomic mass is 16.7. The number of carbonyl (C=O) groups is 1. The van der Waals surface area contributed by atoms with Crippen LogP contribution in [-0.4, -0.2) is 48.8 Å². The van der Waals surface area contributed by atoms with Crippen LogP contribution >= 0.6 is 0 Å². The molecule has 0 spiro atoms. The lowest BCUT2D eigenvalue weighted by Crippen LogP contribution is -2.56. The largest absolute Gasteiger partial charge is 0.447 e. The predicted molar refractivity (Wildman–Crippen MR) is 87.7 cm³/mol. The van der Waals surface area contributed by atoms with Crippen molar-refractivity contribution in [1.29, 1.82) is 0 Å². The smallest absolute Gasteiger partial charge is 0.404 e. The molecule has 2 aliphatic rings. The van der Waals surface area contributed by atoms with Crippen LogP contribution in [0.3, 0.4) is 0 Å². The number of rotatable bonds is 6. The Morgan fingerprint density at radius 3 is 2.50 bits per heavy atom. The number of carbonyl (C=O) groups excluding carboxylic acids is 1. The Morgan fingerprint density at radius 2 is 2.00 bits per heavy atom. The molecule has 0 aromatic heterocycles. The van der Waals surface area contributed by atoms with Crippen LogP contribution in [0.5, 0.6) is 0 Å². The SMILES string of the molecule is CC(C)(C)O[C@@](COC(N)=O)(Cc1ccccc1)[C@@H]1OC[C@@H]2O[C@H]21. The number of ether oxygens (including phenoxy) is 4. The summed E-state index contributed by atoms with van der Waals surface area (Å²) >= 11 is 0.